The van der Waals surface area contributed by atoms with Gasteiger partial charge < -0.3 is 31.9 Å². The number of carboxylic acid groups (broad SMARTS) is 1. The van der Waals surface area contributed by atoms with E-state index in [1.165, 1.54) is 18.7 Å². The van der Waals surface area contributed by atoms with E-state index in [1.807, 2.05) is 20.1 Å². The molecule has 10 nitrogen and oxygen atoms in total. The monoisotopic (exact) mass is 420 g/mol. The third-order valence-electron chi connectivity index (χ3n) is 4.35. The van der Waals surface area contributed by atoms with Crippen LogP contribution in [0.1, 0.15) is 33.6 Å². The van der Waals surface area contributed by atoms with Crippen LogP contribution >= 0.6 is 11.8 Å². The molecule has 0 saturated heterocycles. The minimum absolute atomic E-state index is 0.0539. The van der Waals surface area contributed by atoms with Gasteiger partial charge in [0, 0.05) is 0 Å². The number of aliphatic carboxylic acids is 1. The maximum atomic E-state index is 12.4. The maximum Gasteiger partial charge on any atom is 0.328 e. The second-order valence-electron chi connectivity index (χ2n) is 6.57. The first-order valence-electron chi connectivity index (χ1n) is 9.08. The molecule has 0 aromatic heterocycles. The maximum absolute atomic E-state index is 12.4. The van der Waals surface area contributed by atoms with E-state index in [4.69, 9.17) is 15.9 Å². The minimum Gasteiger partial charge on any atom is -0.480 e. The molecule has 5 atom stereocenters. The number of hydrogen-bond donors (Lipinski definition) is 6. The van der Waals surface area contributed by atoms with Crippen LogP contribution < -0.4 is 21.7 Å². The molecule has 5 unspecified atom stereocenters. The van der Waals surface area contributed by atoms with Crippen LogP contribution in [0.15, 0.2) is 0 Å². The number of rotatable bonds is 13. The van der Waals surface area contributed by atoms with Gasteiger partial charge in [0.1, 0.15) is 18.1 Å². The molecule has 0 aromatic carbocycles. The number of carbonyl (C=O) groups excluding carboxylic acids is 3. The van der Waals surface area contributed by atoms with Crippen molar-refractivity contribution in [3.63, 3.8) is 0 Å². The molecule has 7 N–H and O–H groups in total. The van der Waals surface area contributed by atoms with Crippen molar-refractivity contribution in [2.75, 3.05) is 18.6 Å². The first-order valence-corrected chi connectivity index (χ1v) is 10.5. The average Bonchev–Trinajstić information content (AvgIpc) is 2.66. The lowest BCUT2D eigenvalue weighted by Crippen LogP contribution is -2.57. The Morgan fingerprint density at radius 2 is 1.57 bits per heavy atom. The van der Waals surface area contributed by atoms with Crippen LogP contribution in [-0.2, 0) is 19.2 Å². The van der Waals surface area contributed by atoms with E-state index in [1.54, 1.807) is 0 Å². The lowest BCUT2D eigenvalue weighted by atomic mass is 9.99. The lowest BCUT2D eigenvalue weighted by molar-refractivity contribution is -0.143. The van der Waals surface area contributed by atoms with Gasteiger partial charge in [-0.05, 0) is 31.3 Å². The fourth-order valence-electron chi connectivity index (χ4n) is 2.15. The van der Waals surface area contributed by atoms with Crippen molar-refractivity contribution in [2.45, 2.75) is 57.8 Å². The van der Waals surface area contributed by atoms with Crippen molar-refractivity contribution >= 4 is 35.5 Å². The van der Waals surface area contributed by atoms with Crippen LogP contribution in [0.3, 0.4) is 0 Å². The summed E-state index contributed by atoms with van der Waals surface area (Å²) < 4.78 is 0. The molecule has 0 rings (SSSR count). The second-order valence-corrected chi connectivity index (χ2v) is 7.55. The van der Waals surface area contributed by atoms with Gasteiger partial charge in [0.2, 0.25) is 17.7 Å². The number of hydrogen-bond acceptors (Lipinski definition) is 7. The molecule has 0 saturated carbocycles. The normalized spacial score (nSPS) is 16.2. The van der Waals surface area contributed by atoms with Gasteiger partial charge in [-0.1, -0.05) is 20.3 Å². The topological polar surface area (TPSA) is 171 Å². The van der Waals surface area contributed by atoms with Crippen molar-refractivity contribution in [3.8, 4) is 0 Å². The van der Waals surface area contributed by atoms with Crippen molar-refractivity contribution in [2.24, 2.45) is 11.7 Å². The van der Waals surface area contributed by atoms with E-state index in [-0.39, 0.29) is 12.3 Å². The molecule has 3 amide bonds. The molecule has 0 aliphatic carbocycles. The van der Waals surface area contributed by atoms with Crippen LogP contribution in [-0.4, -0.2) is 76.7 Å². The molecule has 0 radical (unpaired) electrons. The highest BCUT2D eigenvalue weighted by Crippen LogP contribution is 2.06. The van der Waals surface area contributed by atoms with Gasteiger partial charge in [-0.25, -0.2) is 4.79 Å². The van der Waals surface area contributed by atoms with Crippen molar-refractivity contribution in [1.29, 1.82) is 0 Å². The molecule has 162 valence electrons. The highest BCUT2D eigenvalue weighted by atomic mass is 32.2. The molecule has 0 spiro atoms. The minimum atomic E-state index is -1.47. The molecule has 0 aliphatic heterocycles. The number of amides is 3. The van der Waals surface area contributed by atoms with Gasteiger partial charge in [-0.3, -0.25) is 14.4 Å². The third kappa shape index (κ3) is 8.89. The average molecular weight is 421 g/mol. The highest BCUT2D eigenvalue weighted by molar-refractivity contribution is 7.98. The van der Waals surface area contributed by atoms with Crippen LogP contribution in [0.4, 0.5) is 0 Å². The summed E-state index contributed by atoms with van der Waals surface area (Å²) in [4.78, 5) is 47.8. The summed E-state index contributed by atoms with van der Waals surface area (Å²) in [6, 6.07) is -4.15. The van der Waals surface area contributed by atoms with Crippen LogP contribution in [0.25, 0.3) is 0 Å². The summed E-state index contributed by atoms with van der Waals surface area (Å²) in [6.07, 6.45) is 2.79. The Kier molecular flexibility index (Phi) is 12.5. The number of aliphatic hydroxyl groups excluding tert-OH is 1. The van der Waals surface area contributed by atoms with Gasteiger partial charge in [0.25, 0.3) is 0 Å². The third-order valence-corrected chi connectivity index (χ3v) is 5.00. The van der Waals surface area contributed by atoms with E-state index in [2.05, 4.69) is 16.0 Å². The van der Waals surface area contributed by atoms with Gasteiger partial charge in [-0.15, -0.1) is 0 Å². The lowest BCUT2D eigenvalue weighted by Gasteiger charge is -2.24. The Hall–Kier alpha value is -1.85. The van der Waals surface area contributed by atoms with Gasteiger partial charge in [-0.2, -0.15) is 11.8 Å². The predicted molar refractivity (Wildman–Crippen MR) is 107 cm³/mol. The van der Waals surface area contributed by atoms with Crippen molar-refractivity contribution in [3.05, 3.63) is 0 Å². The Morgan fingerprint density at radius 1 is 1.00 bits per heavy atom. The molecule has 0 aromatic rings. The zero-order valence-electron chi connectivity index (χ0n) is 16.7. The highest BCUT2D eigenvalue weighted by Gasteiger charge is 2.28. The first-order chi connectivity index (χ1) is 13.1. The Balaban J connectivity index is 4.97. The van der Waals surface area contributed by atoms with Crippen LogP contribution in [0, 0.1) is 5.92 Å². The van der Waals surface area contributed by atoms with E-state index in [0.29, 0.717) is 12.2 Å². The van der Waals surface area contributed by atoms with Crippen LogP contribution in [0.5, 0.6) is 0 Å². The second kappa shape index (κ2) is 13.3. The summed E-state index contributed by atoms with van der Waals surface area (Å²) in [7, 11) is 0. The number of carbonyl (C=O) groups is 4. The SMILES string of the molecule is CCC(C)C(N)C(=O)NC(C)C(=O)NC(CCSC)C(=O)NC(CO)C(=O)O. The smallest absolute Gasteiger partial charge is 0.328 e. The zero-order valence-corrected chi connectivity index (χ0v) is 17.5. The molecule has 0 heterocycles. The largest absolute Gasteiger partial charge is 0.480 e. The zero-order chi connectivity index (χ0) is 21.9. The van der Waals surface area contributed by atoms with E-state index < -0.39 is 54.5 Å². The van der Waals surface area contributed by atoms with E-state index in [0.717, 1.165) is 0 Å². The summed E-state index contributed by atoms with van der Waals surface area (Å²) in [5.41, 5.74) is 5.84. The summed E-state index contributed by atoms with van der Waals surface area (Å²) in [5.74, 6) is -2.68. The van der Waals surface area contributed by atoms with Gasteiger partial charge in [0.05, 0.1) is 12.6 Å². The van der Waals surface area contributed by atoms with Gasteiger partial charge in [0.15, 0.2) is 0 Å². The fraction of sp³-hybridized carbons (Fsp3) is 0.765. The summed E-state index contributed by atoms with van der Waals surface area (Å²) in [6.45, 7) is 4.43. The standard InChI is InChI=1S/C17H32N4O6S/c1-5-9(2)13(18)16(25)19-10(3)14(23)20-11(6-7-28-4)15(24)21-12(8-22)17(26)27/h9-13,22H,5-8,18H2,1-4H3,(H,19,25)(H,20,23)(H,21,24)(H,26,27). The van der Waals surface area contributed by atoms with E-state index >= 15 is 0 Å². The predicted octanol–water partition coefficient (Wildman–Crippen LogP) is -1.34. The van der Waals surface area contributed by atoms with E-state index in [9.17, 15) is 19.2 Å². The fourth-order valence-corrected chi connectivity index (χ4v) is 2.62. The Bertz CT molecular complexity index is 548. The number of thioether (sulfide) groups is 1. The molecular formula is C17H32N4O6S. The van der Waals surface area contributed by atoms with Crippen LogP contribution in [0.2, 0.25) is 0 Å². The molecule has 0 bridgehead atoms. The Labute approximate surface area is 169 Å². The van der Waals surface area contributed by atoms with Gasteiger partial charge >= 0.3 is 5.97 Å². The summed E-state index contributed by atoms with van der Waals surface area (Å²) >= 11 is 1.45. The number of nitrogens with two attached hydrogens (primary N) is 1. The molecular weight excluding hydrogens is 388 g/mol. The molecule has 28 heavy (non-hydrogen) atoms. The first kappa shape index (κ1) is 26.1. The number of nitrogens with one attached hydrogen (secondary N) is 3. The summed E-state index contributed by atoms with van der Waals surface area (Å²) in [5, 5.41) is 25.2. The molecule has 0 fully saturated rings. The molecule has 11 heteroatoms. The van der Waals surface area contributed by atoms with Crippen molar-refractivity contribution in [1.82, 2.24) is 16.0 Å². The number of carboxylic acids is 1. The quantitative estimate of drug-likeness (QED) is 0.213. The Morgan fingerprint density at radius 3 is 2.04 bits per heavy atom. The van der Waals surface area contributed by atoms with Crippen molar-refractivity contribution < 1.29 is 29.4 Å². The number of aliphatic hydroxyl groups is 1. The molecule has 0 aliphatic rings.